The van der Waals surface area contributed by atoms with Crippen LogP contribution in [0.5, 0.6) is 0 Å². The monoisotopic (exact) mass is 371 g/mol. The molecule has 0 fully saturated rings. The molecule has 0 saturated carbocycles. The molecule has 2 aromatic heterocycles. The number of rotatable bonds is 6. The van der Waals surface area contributed by atoms with Crippen LogP contribution in [0.3, 0.4) is 0 Å². The van der Waals surface area contributed by atoms with Crippen molar-refractivity contribution in [3.8, 4) is 11.1 Å². The lowest BCUT2D eigenvalue weighted by molar-refractivity contribution is -0.137. The van der Waals surface area contributed by atoms with E-state index in [-0.39, 0.29) is 17.3 Å². The van der Waals surface area contributed by atoms with Crippen molar-refractivity contribution in [2.45, 2.75) is 25.0 Å². The second kappa shape index (κ2) is 7.78. The Hall–Kier alpha value is -2.54. The van der Waals surface area contributed by atoms with E-state index in [4.69, 9.17) is 9.72 Å². The third-order valence-corrected chi connectivity index (χ3v) is 5.07. The molecule has 0 atom stereocenters. The summed E-state index contributed by atoms with van der Waals surface area (Å²) in [5.74, 6) is -0.227. The third kappa shape index (κ3) is 3.39. The number of hydrogen-bond donors (Lipinski definition) is 0. The van der Waals surface area contributed by atoms with Crippen LogP contribution in [-0.2, 0) is 23.1 Å². The molecule has 0 amide bonds. The second-order valence-corrected chi connectivity index (χ2v) is 6.88. The van der Waals surface area contributed by atoms with E-state index in [2.05, 4.69) is 0 Å². The Morgan fingerprint density at radius 1 is 1.27 bits per heavy atom. The number of benzene rings is 1. The number of aromatic nitrogens is 3. The van der Waals surface area contributed by atoms with E-state index in [1.807, 2.05) is 55.1 Å². The SMILES string of the molecule is CCCn1c(SCC(=O)OC)nc2c(-c3ccccc3)cn(C)c2c1=O. The van der Waals surface area contributed by atoms with Crippen molar-refractivity contribution in [1.29, 1.82) is 0 Å². The topological polar surface area (TPSA) is 66.1 Å². The number of carbonyl (C=O) groups is 1. The largest absolute Gasteiger partial charge is 0.468 e. The summed E-state index contributed by atoms with van der Waals surface area (Å²) >= 11 is 1.23. The molecule has 0 unspecified atom stereocenters. The minimum Gasteiger partial charge on any atom is -0.468 e. The number of carbonyl (C=O) groups excluding carboxylic acids is 1. The Balaban J connectivity index is 2.20. The smallest absolute Gasteiger partial charge is 0.316 e. The Morgan fingerprint density at radius 2 is 2.00 bits per heavy atom. The lowest BCUT2D eigenvalue weighted by Crippen LogP contribution is -2.25. The zero-order valence-corrected chi connectivity index (χ0v) is 15.9. The highest BCUT2D eigenvalue weighted by Crippen LogP contribution is 2.29. The van der Waals surface area contributed by atoms with Crippen LogP contribution in [0, 0.1) is 0 Å². The fraction of sp³-hybridized carbons (Fsp3) is 0.316. The van der Waals surface area contributed by atoms with Crippen molar-refractivity contribution in [2.75, 3.05) is 12.9 Å². The highest BCUT2D eigenvalue weighted by Gasteiger charge is 2.19. The number of methoxy groups -OCH3 is 1. The van der Waals surface area contributed by atoms with Crippen LogP contribution >= 0.6 is 11.8 Å². The fourth-order valence-electron chi connectivity index (χ4n) is 2.89. The normalized spacial score (nSPS) is 11.0. The van der Waals surface area contributed by atoms with E-state index in [1.54, 1.807) is 4.57 Å². The first-order valence-electron chi connectivity index (χ1n) is 8.41. The van der Waals surface area contributed by atoms with E-state index >= 15 is 0 Å². The van der Waals surface area contributed by atoms with Crippen molar-refractivity contribution >= 4 is 28.8 Å². The van der Waals surface area contributed by atoms with Gasteiger partial charge in [0.2, 0.25) is 0 Å². The molecule has 0 radical (unpaired) electrons. The van der Waals surface area contributed by atoms with Gasteiger partial charge in [-0.3, -0.25) is 14.2 Å². The van der Waals surface area contributed by atoms with E-state index < -0.39 is 0 Å². The molecule has 3 rings (SSSR count). The van der Waals surface area contributed by atoms with Crippen molar-refractivity contribution in [3.63, 3.8) is 0 Å². The maximum Gasteiger partial charge on any atom is 0.316 e. The van der Waals surface area contributed by atoms with E-state index in [0.717, 1.165) is 17.5 Å². The summed E-state index contributed by atoms with van der Waals surface area (Å²) in [7, 11) is 3.21. The van der Waals surface area contributed by atoms with Crippen molar-refractivity contribution in [3.05, 3.63) is 46.9 Å². The molecule has 3 aromatic rings. The zero-order valence-electron chi connectivity index (χ0n) is 15.1. The molecular weight excluding hydrogens is 350 g/mol. The quantitative estimate of drug-likeness (QED) is 0.378. The molecule has 26 heavy (non-hydrogen) atoms. The summed E-state index contributed by atoms with van der Waals surface area (Å²) in [5.41, 5.74) is 3.04. The minimum atomic E-state index is -0.344. The van der Waals surface area contributed by atoms with Crippen molar-refractivity contribution in [1.82, 2.24) is 14.1 Å². The number of aryl methyl sites for hydroxylation is 1. The van der Waals surface area contributed by atoms with Crippen LogP contribution in [0.15, 0.2) is 46.5 Å². The molecule has 0 aliphatic heterocycles. The van der Waals surface area contributed by atoms with Gasteiger partial charge in [0.25, 0.3) is 5.56 Å². The number of thioether (sulfide) groups is 1. The lowest BCUT2D eigenvalue weighted by atomic mass is 10.1. The molecule has 0 aliphatic rings. The standard InChI is InChI=1S/C19H21N3O3S/c1-4-10-22-18(24)17-16(20-19(22)26-12-15(23)25-3)14(11-21(17)2)13-8-6-5-7-9-13/h5-9,11H,4,10,12H2,1-3H3. The number of hydrogen-bond acceptors (Lipinski definition) is 5. The highest BCUT2D eigenvalue weighted by atomic mass is 32.2. The molecule has 0 aliphatic carbocycles. The van der Waals surface area contributed by atoms with Gasteiger partial charge in [0.05, 0.1) is 12.9 Å². The third-order valence-electron chi connectivity index (χ3n) is 4.12. The summed E-state index contributed by atoms with van der Waals surface area (Å²) in [4.78, 5) is 29.4. The average molecular weight is 371 g/mol. The van der Waals surface area contributed by atoms with Crippen molar-refractivity contribution < 1.29 is 9.53 Å². The van der Waals surface area contributed by atoms with Gasteiger partial charge < -0.3 is 9.30 Å². The van der Waals surface area contributed by atoms with E-state index in [9.17, 15) is 9.59 Å². The van der Waals surface area contributed by atoms with Gasteiger partial charge in [-0.25, -0.2) is 4.98 Å². The van der Waals surface area contributed by atoms with Crippen LogP contribution < -0.4 is 5.56 Å². The first-order chi connectivity index (χ1) is 12.6. The van der Waals surface area contributed by atoms with Crippen molar-refractivity contribution in [2.24, 2.45) is 7.05 Å². The van der Waals surface area contributed by atoms with Gasteiger partial charge in [0.1, 0.15) is 11.0 Å². The summed E-state index contributed by atoms with van der Waals surface area (Å²) in [6.07, 6.45) is 2.73. The zero-order chi connectivity index (χ0) is 18.7. The number of nitrogens with zero attached hydrogens (tertiary/aromatic N) is 3. The minimum absolute atomic E-state index is 0.0890. The molecule has 7 heteroatoms. The summed E-state index contributed by atoms with van der Waals surface area (Å²) in [6, 6.07) is 9.86. The Morgan fingerprint density at radius 3 is 2.65 bits per heavy atom. The lowest BCUT2D eigenvalue weighted by Gasteiger charge is -2.11. The maximum absolute atomic E-state index is 13.1. The number of fused-ring (bicyclic) bond motifs is 1. The fourth-order valence-corrected chi connectivity index (χ4v) is 3.74. The Bertz CT molecular complexity index is 993. The molecule has 1 aromatic carbocycles. The molecule has 0 saturated heterocycles. The van der Waals surface area contributed by atoms with Gasteiger partial charge >= 0.3 is 5.97 Å². The van der Waals surface area contributed by atoms with Gasteiger partial charge in [0.15, 0.2) is 5.16 Å². The Kier molecular flexibility index (Phi) is 5.46. The molecule has 6 nitrogen and oxygen atoms in total. The molecule has 0 spiro atoms. The van der Waals surface area contributed by atoms with Gasteiger partial charge in [-0.1, -0.05) is 49.0 Å². The van der Waals surface area contributed by atoms with E-state index in [0.29, 0.717) is 22.7 Å². The maximum atomic E-state index is 13.1. The summed E-state index contributed by atoms with van der Waals surface area (Å²) in [6.45, 7) is 2.56. The summed E-state index contributed by atoms with van der Waals surface area (Å²) < 4.78 is 8.18. The first kappa shape index (κ1) is 18.3. The molecule has 136 valence electrons. The molecule has 0 bridgehead atoms. The van der Waals surface area contributed by atoms with E-state index in [1.165, 1.54) is 18.9 Å². The van der Waals surface area contributed by atoms with Crippen LogP contribution in [-0.4, -0.2) is 33.0 Å². The van der Waals surface area contributed by atoms with Gasteiger partial charge in [-0.05, 0) is 12.0 Å². The van der Waals surface area contributed by atoms with Crippen LogP contribution in [0.4, 0.5) is 0 Å². The predicted octanol–water partition coefficient (Wildman–Crippen LogP) is 3.08. The summed E-state index contributed by atoms with van der Waals surface area (Å²) in [5, 5.41) is 0.540. The number of ether oxygens (including phenoxy) is 1. The predicted molar refractivity (Wildman–Crippen MR) is 103 cm³/mol. The average Bonchev–Trinajstić information content (AvgIpc) is 2.99. The van der Waals surface area contributed by atoms with Gasteiger partial charge in [0, 0.05) is 25.4 Å². The molecule has 0 N–H and O–H groups in total. The van der Waals surface area contributed by atoms with Crippen LogP contribution in [0.25, 0.3) is 22.2 Å². The van der Waals surface area contributed by atoms with Crippen LogP contribution in [0.1, 0.15) is 13.3 Å². The highest BCUT2D eigenvalue weighted by molar-refractivity contribution is 7.99. The van der Waals surface area contributed by atoms with Gasteiger partial charge in [-0.2, -0.15) is 0 Å². The van der Waals surface area contributed by atoms with Gasteiger partial charge in [-0.15, -0.1) is 0 Å². The number of esters is 1. The van der Waals surface area contributed by atoms with Crippen LogP contribution in [0.2, 0.25) is 0 Å². The molecular formula is C19H21N3O3S. The molecule has 2 heterocycles. The Labute approximate surface area is 155 Å². The second-order valence-electron chi connectivity index (χ2n) is 5.93. The first-order valence-corrected chi connectivity index (χ1v) is 9.40.